The van der Waals surface area contributed by atoms with Crippen LogP contribution in [0.15, 0.2) is 12.3 Å². The molecular weight excluding hydrogens is 289 g/mol. The summed E-state index contributed by atoms with van der Waals surface area (Å²) in [6, 6.07) is 1.55. The fourth-order valence-corrected chi connectivity index (χ4v) is 1.39. The Morgan fingerprint density at radius 1 is 1.50 bits per heavy atom. The van der Waals surface area contributed by atoms with Crippen LogP contribution in [0.25, 0.3) is 0 Å². The van der Waals surface area contributed by atoms with Gasteiger partial charge < -0.3 is 4.98 Å². The number of aromatic amines is 1. The summed E-state index contributed by atoms with van der Waals surface area (Å²) in [6.07, 6.45) is 2.27. The lowest BCUT2D eigenvalue weighted by Gasteiger charge is -2.06. The number of ketones is 1. The van der Waals surface area contributed by atoms with E-state index in [1.165, 1.54) is 0 Å². The molecule has 1 N–H and O–H groups in total. The van der Waals surface area contributed by atoms with Crippen LogP contribution in [0.1, 0.15) is 22.5 Å². The number of nitrogens with one attached hydrogen (secondary N) is 1. The quantitative estimate of drug-likeness (QED) is 0.373. The van der Waals surface area contributed by atoms with Gasteiger partial charge in [-0.25, -0.2) is 0 Å². The molecule has 0 radical (unpaired) electrons. The van der Waals surface area contributed by atoms with Crippen molar-refractivity contribution in [1.29, 1.82) is 0 Å². The number of rotatable bonds is 2. The largest absolute Gasteiger partial charge is 0.357 e. The number of thiol groups is 1. The van der Waals surface area contributed by atoms with Crippen LogP contribution >= 0.6 is 47.4 Å². The SMILES string of the molecule is O=C(c1cc(C#CCCS)c[nH]1)C(Cl)(Cl)Cl. The molecule has 0 unspecified atom stereocenters. The van der Waals surface area contributed by atoms with Crippen LogP contribution in [0.2, 0.25) is 0 Å². The molecule has 0 aliphatic rings. The number of Topliss-reactive ketones (excluding diaryl/α,β-unsaturated/α-hetero) is 1. The third-order valence-corrected chi connectivity index (χ3v) is 2.39. The summed E-state index contributed by atoms with van der Waals surface area (Å²) in [6.45, 7) is 0. The van der Waals surface area contributed by atoms with Crippen LogP contribution in [0.5, 0.6) is 0 Å². The highest BCUT2D eigenvalue weighted by Gasteiger charge is 2.32. The molecule has 86 valence electrons. The van der Waals surface area contributed by atoms with Gasteiger partial charge in [-0.3, -0.25) is 4.79 Å². The standard InChI is InChI=1S/C10H8Cl3NOS/c11-10(12,13)9(15)8-5-7(6-14-8)3-1-2-4-16/h5-6,14,16H,2,4H2. The molecule has 1 aromatic heterocycles. The predicted molar refractivity (Wildman–Crippen MR) is 70.8 cm³/mol. The molecule has 0 aliphatic heterocycles. The second kappa shape index (κ2) is 5.88. The maximum atomic E-state index is 11.5. The maximum absolute atomic E-state index is 11.5. The van der Waals surface area contributed by atoms with E-state index in [0.29, 0.717) is 17.7 Å². The van der Waals surface area contributed by atoms with Gasteiger partial charge in [-0.1, -0.05) is 46.6 Å². The van der Waals surface area contributed by atoms with Gasteiger partial charge in [0.15, 0.2) is 0 Å². The summed E-state index contributed by atoms with van der Waals surface area (Å²) in [4.78, 5) is 14.2. The third kappa shape index (κ3) is 3.95. The summed E-state index contributed by atoms with van der Waals surface area (Å²) in [7, 11) is 0. The molecule has 16 heavy (non-hydrogen) atoms. The Labute approximate surface area is 114 Å². The van der Waals surface area contributed by atoms with E-state index in [-0.39, 0.29) is 5.69 Å². The molecule has 0 aliphatic carbocycles. The van der Waals surface area contributed by atoms with Gasteiger partial charge in [0.25, 0.3) is 3.79 Å². The van der Waals surface area contributed by atoms with Crippen LogP contribution in [0, 0.1) is 11.8 Å². The molecule has 2 nitrogen and oxygen atoms in total. The number of hydrogen-bond donors (Lipinski definition) is 2. The van der Waals surface area contributed by atoms with Crippen LogP contribution in [-0.2, 0) is 0 Å². The number of halogens is 3. The Morgan fingerprint density at radius 2 is 2.19 bits per heavy atom. The molecule has 0 atom stereocenters. The van der Waals surface area contributed by atoms with Crippen molar-refractivity contribution < 1.29 is 4.79 Å². The molecule has 1 aromatic rings. The van der Waals surface area contributed by atoms with E-state index >= 15 is 0 Å². The lowest BCUT2D eigenvalue weighted by molar-refractivity contribution is 0.0992. The van der Waals surface area contributed by atoms with E-state index in [9.17, 15) is 4.79 Å². The Hall–Kier alpha value is -0.270. The van der Waals surface area contributed by atoms with Gasteiger partial charge in [0.1, 0.15) is 0 Å². The highest BCUT2D eigenvalue weighted by atomic mass is 35.6. The molecule has 0 aromatic carbocycles. The van der Waals surface area contributed by atoms with E-state index in [4.69, 9.17) is 34.8 Å². The minimum Gasteiger partial charge on any atom is -0.357 e. The van der Waals surface area contributed by atoms with Crippen molar-refractivity contribution in [3.8, 4) is 11.8 Å². The number of aromatic nitrogens is 1. The summed E-state index contributed by atoms with van der Waals surface area (Å²) in [5.41, 5.74) is 0.912. The van der Waals surface area contributed by atoms with Gasteiger partial charge >= 0.3 is 0 Å². The Bertz CT molecular complexity index is 439. The zero-order chi connectivity index (χ0) is 12.2. The van der Waals surface area contributed by atoms with Gasteiger partial charge in [0, 0.05) is 23.9 Å². The van der Waals surface area contributed by atoms with Gasteiger partial charge in [-0.15, -0.1) is 0 Å². The van der Waals surface area contributed by atoms with Crippen LogP contribution in [0.3, 0.4) is 0 Å². The summed E-state index contributed by atoms with van der Waals surface area (Å²) >= 11 is 20.4. The van der Waals surface area contributed by atoms with Crippen LogP contribution in [0.4, 0.5) is 0 Å². The molecule has 1 rings (SSSR count). The van der Waals surface area contributed by atoms with Crippen molar-refractivity contribution >= 4 is 53.2 Å². The van der Waals surface area contributed by atoms with Crippen molar-refractivity contribution in [1.82, 2.24) is 4.98 Å². The van der Waals surface area contributed by atoms with Crippen LogP contribution < -0.4 is 0 Å². The first-order chi connectivity index (χ1) is 7.45. The average Bonchev–Trinajstić information content (AvgIpc) is 2.64. The predicted octanol–water partition coefficient (Wildman–Crippen LogP) is 3.24. The first kappa shape index (κ1) is 13.8. The van der Waals surface area contributed by atoms with Gasteiger partial charge in [-0.2, -0.15) is 12.6 Å². The number of carbonyl (C=O) groups is 1. The molecule has 0 amide bonds. The van der Waals surface area contributed by atoms with E-state index in [0.717, 1.165) is 0 Å². The average molecular weight is 297 g/mol. The van der Waals surface area contributed by atoms with E-state index < -0.39 is 9.58 Å². The highest BCUT2D eigenvalue weighted by Crippen LogP contribution is 2.30. The number of carbonyl (C=O) groups excluding carboxylic acids is 1. The highest BCUT2D eigenvalue weighted by molar-refractivity contribution is 7.80. The normalized spacial score (nSPS) is 10.8. The number of alkyl halides is 3. The van der Waals surface area contributed by atoms with E-state index in [1.807, 2.05) is 0 Å². The van der Waals surface area contributed by atoms with Crippen LogP contribution in [-0.4, -0.2) is 20.3 Å². The minimum absolute atomic E-state index is 0.232. The van der Waals surface area contributed by atoms with Gasteiger partial charge in [-0.05, 0) is 6.07 Å². The molecule has 1 heterocycles. The fourth-order valence-electron chi connectivity index (χ4n) is 0.971. The summed E-state index contributed by atoms with van der Waals surface area (Å²) in [5, 5.41) is 0. The summed E-state index contributed by atoms with van der Waals surface area (Å²) in [5.74, 6) is 5.84. The Balaban J connectivity index is 2.81. The van der Waals surface area contributed by atoms with Crippen molar-refractivity contribution in [3.05, 3.63) is 23.5 Å². The molecular formula is C10H8Cl3NOS. The smallest absolute Gasteiger partial charge is 0.254 e. The first-order valence-electron chi connectivity index (χ1n) is 4.35. The molecule has 0 saturated carbocycles. The topological polar surface area (TPSA) is 32.9 Å². The molecule has 0 spiro atoms. The van der Waals surface area contributed by atoms with Gasteiger partial charge in [0.2, 0.25) is 5.78 Å². The Morgan fingerprint density at radius 3 is 2.75 bits per heavy atom. The maximum Gasteiger partial charge on any atom is 0.254 e. The van der Waals surface area contributed by atoms with Crippen molar-refractivity contribution in [3.63, 3.8) is 0 Å². The van der Waals surface area contributed by atoms with E-state index in [2.05, 4.69) is 29.5 Å². The fraction of sp³-hybridized carbons (Fsp3) is 0.300. The molecule has 0 fully saturated rings. The number of H-pyrrole nitrogens is 1. The Kier molecular flexibility index (Phi) is 5.07. The molecule has 0 saturated heterocycles. The van der Waals surface area contributed by atoms with Gasteiger partial charge in [0.05, 0.1) is 5.69 Å². The summed E-state index contributed by atoms with van der Waals surface area (Å²) < 4.78 is -1.94. The molecule has 0 bridgehead atoms. The van der Waals surface area contributed by atoms with Crippen molar-refractivity contribution in [2.75, 3.05) is 5.75 Å². The lowest BCUT2D eigenvalue weighted by atomic mass is 10.2. The number of hydrogen-bond acceptors (Lipinski definition) is 2. The lowest BCUT2D eigenvalue weighted by Crippen LogP contribution is -2.19. The zero-order valence-electron chi connectivity index (χ0n) is 8.06. The van der Waals surface area contributed by atoms with Crippen molar-refractivity contribution in [2.45, 2.75) is 10.2 Å². The molecule has 6 heteroatoms. The zero-order valence-corrected chi connectivity index (χ0v) is 11.2. The monoisotopic (exact) mass is 295 g/mol. The third-order valence-electron chi connectivity index (χ3n) is 1.65. The van der Waals surface area contributed by atoms with Crippen molar-refractivity contribution in [2.24, 2.45) is 0 Å². The minimum atomic E-state index is -1.94. The first-order valence-corrected chi connectivity index (χ1v) is 6.11. The second-order valence-electron chi connectivity index (χ2n) is 2.90. The van der Waals surface area contributed by atoms with E-state index in [1.54, 1.807) is 12.3 Å². The second-order valence-corrected chi connectivity index (χ2v) is 5.63.